The summed E-state index contributed by atoms with van der Waals surface area (Å²) in [5, 5.41) is 21.6. The molecule has 0 radical (unpaired) electrons. The Balaban J connectivity index is 0.813. The fourth-order valence-corrected chi connectivity index (χ4v) is 6.63. The molecule has 1 saturated heterocycles. The Morgan fingerprint density at radius 2 is 1.71 bits per heavy atom. The molecule has 0 saturated carbocycles. The normalized spacial score (nSPS) is 16.6. The van der Waals surface area contributed by atoms with Gasteiger partial charge in [-0.05, 0) is 90.2 Å². The Morgan fingerprint density at radius 1 is 0.902 bits per heavy atom. The van der Waals surface area contributed by atoms with Crippen molar-refractivity contribution in [2.45, 2.75) is 64.1 Å². The number of carbonyl (C=O) groups excluding carboxylic acids is 3. The molecule has 0 aliphatic carbocycles. The quantitative estimate of drug-likeness (QED) is 0.115. The Morgan fingerprint density at radius 3 is 2.51 bits per heavy atom. The van der Waals surface area contributed by atoms with E-state index in [9.17, 15) is 24.7 Å². The van der Waals surface area contributed by atoms with Crippen LogP contribution in [-0.2, 0) is 54.4 Å². The maximum Gasteiger partial charge on any atom is 0.491 e. The summed E-state index contributed by atoms with van der Waals surface area (Å²) >= 11 is 0. The van der Waals surface area contributed by atoms with Gasteiger partial charge in [-0.15, -0.1) is 0 Å². The van der Waals surface area contributed by atoms with Crippen LogP contribution in [0.1, 0.15) is 70.3 Å². The number of carbonyl (C=O) groups is 3. The number of nitrogens with one attached hydrogen (secondary N) is 1. The molecule has 1 unspecified atom stereocenters. The summed E-state index contributed by atoms with van der Waals surface area (Å²) in [6.45, 7) is 3.71. The third-order valence-electron chi connectivity index (χ3n) is 9.37. The summed E-state index contributed by atoms with van der Waals surface area (Å²) in [7, 11) is -0.912. The smallest absolute Gasteiger partial charge is 0.457 e. The second kappa shape index (κ2) is 17.6. The van der Waals surface area contributed by atoms with E-state index >= 15 is 0 Å². The van der Waals surface area contributed by atoms with E-state index in [1.807, 2.05) is 24.3 Å². The first-order valence-electron chi connectivity index (χ1n) is 17.5. The van der Waals surface area contributed by atoms with Gasteiger partial charge in [0.05, 0.1) is 51.3 Å². The summed E-state index contributed by atoms with van der Waals surface area (Å²) in [5.74, 6) is 0.373. The highest BCUT2D eigenvalue weighted by molar-refractivity contribution is 6.61. The Labute approximate surface area is 297 Å². The summed E-state index contributed by atoms with van der Waals surface area (Å²) in [4.78, 5) is 38.5. The number of rotatable bonds is 18. The summed E-state index contributed by atoms with van der Waals surface area (Å²) in [6, 6.07) is 18.1. The van der Waals surface area contributed by atoms with Crippen LogP contribution >= 0.6 is 0 Å². The molecular weight excluding hydrogens is 653 g/mol. The summed E-state index contributed by atoms with van der Waals surface area (Å²) in [5.41, 5.74) is 5.80. The van der Waals surface area contributed by atoms with E-state index in [4.69, 9.17) is 23.6 Å². The molecular formula is C38H42BN3O9. The number of ether oxygens (including phenoxy) is 4. The van der Waals surface area contributed by atoms with Gasteiger partial charge >= 0.3 is 7.12 Å². The molecule has 0 aromatic heterocycles. The lowest BCUT2D eigenvalue weighted by molar-refractivity contribution is -0.136. The van der Waals surface area contributed by atoms with Crippen molar-refractivity contribution in [1.29, 1.82) is 5.26 Å². The van der Waals surface area contributed by atoms with Gasteiger partial charge in [0.2, 0.25) is 11.8 Å². The number of imide groups is 1. The minimum absolute atomic E-state index is 0.141. The number of fused-ring (bicyclic) bond motifs is 2. The zero-order valence-electron chi connectivity index (χ0n) is 28.6. The van der Waals surface area contributed by atoms with Gasteiger partial charge in [-0.25, -0.2) is 0 Å². The molecule has 266 valence electrons. The number of hydrogen-bond donors (Lipinski definition) is 2. The van der Waals surface area contributed by atoms with Crippen LogP contribution in [0.5, 0.6) is 11.5 Å². The minimum atomic E-state index is -0.912. The lowest BCUT2D eigenvalue weighted by Gasteiger charge is -2.29. The molecule has 3 amide bonds. The van der Waals surface area contributed by atoms with Crippen molar-refractivity contribution in [3.05, 3.63) is 88.0 Å². The Bertz CT molecular complexity index is 1780. The predicted molar refractivity (Wildman–Crippen MR) is 186 cm³/mol. The van der Waals surface area contributed by atoms with Gasteiger partial charge in [0.15, 0.2) is 0 Å². The van der Waals surface area contributed by atoms with Crippen LogP contribution < -0.4 is 15.5 Å². The molecule has 2 N–H and O–H groups in total. The van der Waals surface area contributed by atoms with Crippen LogP contribution in [0.2, 0.25) is 0 Å². The fraction of sp³-hybridized carbons (Fsp3) is 0.421. The van der Waals surface area contributed by atoms with Crippen LogP contribution in [-0.4, -0.2) is 80.4 Å². The lowest BCUT2D eigenvalue weighted by Crippen LogP contribution is -2.52. The van der Waals surface area contributed by atoms with Gasteiger partial charge in [-0.3, -0.25) is 19.7 Å². The van der Waals surface area contributed by atoms with Crippen molar-refractivity contribution in [1.82, 2.24) is 10.2 Å². The van der Waals surface area contributed by atoms with Crippen molar-refractivity contribution in [3.63, 3.8) is 0 Å². The van der Waals surface area contributed by atoms with Crippen LogP contribution in [0.3, 0.4) is 0 Å². The number of piperidine rings is 1. The van der Waals surface area contributed by atoms with E-state index in [-0.39, 0.29) is 18.2 Å². The summed E-state index contributed by atoms with van der Waals surface area (Å²) in [6.07, 6.45) is 4.92. The van der Waals surface area contributed by atoms with Gasteiger partial charge in [0, 0.05) is 25.1 Å². The number of aryl methyl sites for hydroxylation is 1. The van der Waals surface area contributed by atoms with Gasteiger partial charge in [-0.1, -0.05) is 30.7 Å². The molecule has 0 bridgehead atoms. The highest BCUT2D eigenvalue weighted by Gasteiger charge is 2.39. The molecule has 3 aromatic carbocycles. The Kier molecular flexibility index (Phi) is 12.5. The van der Waals surface area contributed by atoms with Crippen molar-refractivity contribution in [2.24, 2.45) is 0 Å². The van der Waals surface area contributed by atoms with Crippen molar-refractivity contribution < 1.29 is 43.0 Å². The van der Waals surface area contributed by atoms with E-state index in [2.05, 4.69) is 17.5 Å². The van der Waals surface area contributed by atoms with Gasteiger partial charge in [0.1, 0.15) is 17.5 Å². The molecule has 3 aromatic rings. The maximum atomic E-state index is 13.0. The zero-order valence-corrected chi connectivity index (χ0v) is 28.6. The van der Waals surface area contributed by atoms with E-state index < -0.39 is 19.1 Å². The monoisotopic (exact) mass is 695 g/mol. The molecule has 6 rings (SSSR count). The van der Waals surface area contributed by atoms with E-state index in [0.717, 1.165) is 53.4 Å². The molecule has 3 aliphatic rings. The number of unbranched alkanes of at least 4 members (excludes halogenated alkanes) is 2. The highest BCUT2D eigenvalue weighted by Crippen LogP contribution is 2.31. The fourth-order valence-electron chi connectivity index (χ4n) is 6.63. The highest BCUT2D eigenvalue weighted by atomic mass is 16.5. The first kappa shape index (κ1) is 36.2. The summed E-state index contributed by atoms with van der Waals surface area (Å²) < 4.78 is 28.6. The molecule has 3 heterocycles. The van der Waals surface area contributed by atoms with Crippen molar-refractivity contribution in [2.75, 3.05) is 39.6 Å². The molecule has 51 heavy (non-hydrogen) atoms. The number of benzene rings is 3. The van der Waals surface area contributed by atoms with Gasteiger partial charge in [0.25, 0.3) is 5.91 Å². The van der Waals surface area contributed by atoms with Crippen LogP contribution in [0.15, 0.2) is 54.6 Å². The van der Waals surface area contributed by atoms with Gasteiger partial charge in [-0.2, -0.15) is 5.26 Å². The largest absolute Gasteiger partial charge is 0.491 e. The predicted octanol–water partition coefficient (Wildman–Crippen LogP) is 3.33. The molecule has 3 aliphatic heterocycles. The average Bonchev–Trinajstić information content (AvgIpc) is 3.67. The second-order valence-electron chi connectivity index (χ2n) is 12.8. The SMILES string of the molecule is N#Cc1ccc(CCOCCOCCOCCCCCc2cccc3c2CN(C2CCC(=O)NC2=O)C3=O)c(Oc2ccc3c(c2)COB3O)c1. The Hall–Kier alpha value is -4.58. The van der Waals surface area contributed by atoms with Crippen molar-refractivity contribution >= 4 is 30.3 Å². The number of hydrogen-bond acceptors (Lipinski definition) is 10. The maximum absolute atomic E-state index is 13.0. The third-order valence-corrected chi connectivity index (χ3v) is 9.37. The molecule has 13 heteroatoms. The van der Waals surface area contributed by atoms with Gasteiger partial charge < -0.3 is 33.5 Å². The zero-order chi connectivity index (χ0) is 35.6. The number of nitrogens with zero attached hydrogens (tertiary/aromatic N) is 2. The first-order valence-corrected chi connectivity index (χ1v) is 17.5. The minimum Gasteiger partial charge on any atom is -0.457 e. The van der Waals surface area contributed by atoms with E-state index in [0.29, 0.717) is 88.3 Å². The molecule has 12 nitrogen and oxygen atoms in total. The molecule has 1 atom stereocenters. The molecule has 0 spiro atoms. The average molecular weight is 696 g/mol. The second-order valence-corrected chi connectivity index (χ2v) is 12.8. The number of nitriles is 1. The topological polar surface area (TPSA) is 157 Å². The van der Waals surface area contributed by atoms with E-state index in [1.54, 1.807) is 29.2 Å². The molecule has 1 fully saturated rings. The van der Waals surface area contributed by atoms with Crippen molar-refractivity contribution in [3.8, 4) is 17.6 Å². The third kappa shape index (κ3) is 9.21. The lowest BCUT2D eigenvalue weighted by atomic mass is 9.80. The number of amides is 3. The van der Waals surface area contributed by atoms with Crippen LogP contribution in [0, 0.1) is 11.3 Å². The van der Waals surface area contributed by atoms with E-state index in [1.165, 1.54) is 0 Å². The first-order chi connectivity index (χ1) is 24.9. The standard InChI is InChI=1S/C38H42BN3O9/c40-23-26-8-9-28(35(21-26)51-30-10-11-33-29(22-30)25-50-39(33)46)14-16-48-18-20-49-19-17-47-15-3-1-2-5-27-6-4-7-31-32(27)24-42(38(31)45)34-12-13-36(43)41-37(34)44/h4,6-11,21-22,34,46H,1-3,5,12-20,24-25H2,(H,41,43,44). The van der Waals surface area contributed by atoms with Crippen LogP contribution in [0.4, 0.5) is 0 Å². The van der Waals surface area contributed by atoms with Crippen LogP contribution in [0.25, 0.3) is 0 Å².